The minimum atomic E-state index is -4.89. The Morgan fingerprint density at radius 3 is 1.86 bits per heavy atom. The van der Waals surface area contributed by atoms with Crippen LogP contribution in [0.25, 0.3) is 17.4 Å². The summed E-state index contributed by atoms with van der Waals surface area (Å²) in [5.74, 6) is -1.66. The van der Waals surface area contributed by atoms with E-state index in [0.29, 0.717) is 79.8 Å². The van der Waals surface area contributed by atoms with Crippen molar-refractivity contribution in [2.24, 2.45) is 0 Å². The first-order valence-corrected chi connectivity index (χ1v) is 27.9. The lowest BCUT2D eigenvalue weighted by Gasteiger charge is -2.30. The van der Waals surface area contributed by atoms with Crippen LogP contribution in [0.15, 0.2) is 75.9 Å². The molecule has 25 heteroatoms. The monoisotopic (exact) mass is 1070 g/mol. The van der Waals surface area contributed by atoms with Crippen molar-refractivity contribution >= 4 is 48.1 Å². The molecule has 0 fully saturated rings. The molecule has 1 unspecified atom stereocenters. The van der Waals surface area contributed by atoms with Gasteiger partial charge in [-0.2, -0.15) is 0 Å². The van der Waals surface area contributed by atoms with Crippen LogP contribution in [0.3, 0.4) is 0 Å². The molecular formula is C47H66N2O20S3-2. The zero-order chi connectivity index (χ0) is 52.5. The number of carboxylic acids is 1. The van der Waals surface area contributed by atoms with Crippen molar-refractivity contribution in [2.75, 3.05) is 142 Å². The van der Waals surface area contributed by atoms with E-state index in [4.69, 9.17) is 47.4 Å². The molecule has 404 valence electrons. The molecular weight excluding hydrogens is 1010 g/mol. The van der Waals surface area contributed by atoms with Gasteiger partial charge in [-0.25, -0.2) is 29.8 Å². The second kappa shape index (κ2) is 30.9. The molecule has 0 bridgehead atoms. The van der Waals surface area contributed by atoms with Gasteiger partial charge in [0.2, 0.25) is 5.36 Å². The van der Waals surface area contributed by atoms with E-state index in [-0.39, 0.29) is 98.2 Å². The minimum Gasteiger partial charge on any atom is -0.748 e. The fraction of sp³-hybridized carbons (Fsp3) is 0.574. The number of nitrogens with zero attached hydrogens (tertiary/aromatic N) is 2. The third-order valence-electron chi connectivity index (χ3n) is 11.2. The summed E-state index contributed by atoms with van der Waals surface area (Å²) in [6.45, 7) is 7.18. The molecule has 0 saturated carbocycles. The Morgan fingerprint density at radius 2 is 1.28 bits per heavy atom. The Labute approximate surface area is 421 Å². The van der Waals surface area contributed by atoms with Crippen LogP contribution < -0.4 is 14.8 Å². The molecule has 1 aromatic rings. The summed E-state index contributed by atoms with van der Waals surface area (Å²) < 4.78 is 158. The number of hydrogen-bond acceptors (Lipinski definition) is 20. The lowest BCUT2D eigenvalue weighted by atomic mass is 9.77. The van der Waals surface area contributed by atoms with Crippen molar-refractivity contribution in [3.05, 3.63) is 83.1 Å². The topological polar surface area (TPSA) is 302 Å². The van der Waals surface area contributed by atoms with Crippen LogP contribution in [0.2, 0.25) is 0 Å². The predicted octanol–water partition coefficient (Wildman–Crippen LogP) is 2.23. The number of carboxylic acid groups (broad SMARTS) is 1. The fourth-order valence-electron chi connectivity index (χ4n) is 7.73. The van der Waals surface area contributed by atoms with E-state index in [1.165, 1.54) is 24.5 Å². The van der Waals surface area contributed by atoms with E-state index in [0.717, 1.165) is 5.56 Å². The molecule has 2 heterocycles. The van der Waals surface area contributed by atoms with Gasteiger partial charge in [0.25, 0.3) is 0 Å². The Balaban J connectivity index is 1.54. The minimum absolute atomic E-state index is 0.0659. The Bertz CT molecular complexity index is 2580. The standard InChI is InChI=1S/C47H68N2O20S3/c1-47(14-4-34-70(52,53)54)42-37-40(72(58,59)60)9-11-43(42)49(17-21-64-26-29-68-33-32-66-27-24-62-18-13-46(50)51)45(47)7-3-6-38-12-19-69-44-36-39(8-10-41(38)44)48(15-5-35-71(55,56)57)16-20-63-25-28-67-31-30-65-23-22-61-2/h3,6-12,19,36-37H,4-5,13-18,20-35H2,1-2H3,(H3-,50,51,52,53,54,55,56,57,58,59,60)/p-2. The van der Waals surface area contributed by atoms with Crippen molar-refractivity contribution < 1.29 is 91.1 Å². The normalized spacial score (nSPS) is 16.3. The smallest absolute Gasteiger partial charge is 0.305 e. The average Bonchev–Trinajstić information content (AvgIpc) is 3.54. The van der Waals surface area contributed by atoms with E-state index in [1.807, 2.05) is 27.7 Å². The number of ether oxygens (including phenoxy) is 8. The lowest BCUT2D eigenvalue weighted by Crippen LogP contribution is -2.35. The largest absolute Gasteiger partial charge is 0.748 e. The van der Waals surface area contributed by atoms with Crippen LogP contribution in [0, 0.1) is 0 Å². The van der Waals surface area contributed by atoms with Gasteiger partial charge in [-0.15, -0.1) is 0 Å². The van der Waals surface area contributed by atoms with Gasteiger partial charge in [-0.1, -0.05) is 12.2 Å². The molecule has 0 saturated heterocycles. The summed E-state index contributed by atoms with van der Waals surface area (Å²) in [5, 5.41) is 9.36. The predicted molar refractivity (Wildman–Crippen MR) is 259 cm³/mol. The molecule has 1 N–H and O–H groups in total. The summed E-state index contributed by atoms with van der Waals surface area (Å²) in [6, 6.07) is 11.3. The Hall–Kier alpha value is -4.19. The number of methoxy groups -OCH3 is 1. The SMILES string of the molecule is COCCOCCOCCOCC[N+](CCCS(=O)(=O)[O-])=c1ccc2c(/C=C/C=C3/N(CCOCCOCCOCCOCCC(=O)O)c4ccc(S(=O)(=O)[O-])cc4C3(C)CCCS(=O)(=O)[O-])ccoc-2c1. The number of benzene rings is 2. The highest BCUT2D eigenvalue weighted by atomic mass is 32.2. The lowest BCUT2D eigenvalue weighted by molar-refractivity contribution is -0.138. The molecule has 2 aliphatic heterocycles. The second-order valence-corrected chi connectivity index (χ2v) is 20.9. The number of aliphatic carboxylic acids is 1. The summed E-state index contributed by atoms with van der Waals surface area (Å²) in [4.78, 5) is 12.0. The van der Waals surface area contributed by atoms with Crippen LogP contribution in [-0.4, -0.2) is 187 Å². The molecule has 0 spiro atoms. The maximum Gasteiger partial charge on any atom is 0.305 e. The van der Waals surface area contributed by atoms with Gasteiger partial charge in [0.15, 0.2) is 6.54 Å². The highest BCUT2D eigenvalue weighted by Gasteiger charge is 2.43. The van der Waals surface area contributed by atoms with Gasteiger partial charge in [0.05, 0.1) is 136 Å². The molecule has 1 aromatic carbocycles. The van der Waals surface area contributed by atoms with Crippen LogP contribution in [0.1, 0.15) is 43.7 Å². The van der Waals surface area contributed by atoms with Crippen molar-refractivity contribution in [3.8, 4) is 11.3 Å². The van der Waals surface area contributed by atoms with Gasteiger partial charge in [-0.05, 0) is 67.3 Å². The fourth-order valence-corrected chi connectivity index (χ4v) is 9.21. The quantitative estimate of drug-likeness (QED) is 0.0489. The van der Waals surface area contributed by atoms with E-state index in [2.05, 4.69) is 0 Å². The van der Waals surface area contributed by atoms with Gasteiger partial charge >= 0.3 is 5.97 Å². The molecule has 0 amide bonds. The maximum absolute atomic E-state index is 12.2. The van der Waals surface area contributed by atoms with Gasteiger partial charge in [-0.3, -0.25) is 4.79 Å². The molecule has 22 nitrogen and oxygen atoms in total. The van der Waals surface area contributed by atoms with Gasteiger partial charge in [0.1, 0.15) is 29.0 Å². The number of hydrogen-bond donors (Lipinski definition) is 1. The van der Waals surface area contributed by atoms with Crippen LogP contribution in [-0.2, 0) is 78.5 Å². The van der Waals surface area contributed by atoms with Gasteiger partial charge in [0, 0.05) is 60.0 Å². The van der Waals surface area contributed by atoms with E-state index >= 15 is 0 Å². The molecule has 3 aliphatic rings. The first-order valence-electron chi connectivity index (χ1n) is 23.3. The van der Waals surface area contributed by atoms with Crippen molar-refractivity contribution in [1.29, 1.82) is 0 Å². The maximum atomic E-state index is 12.2. The highest BCUT2D eigenvalue weighted by Crippen LogP contribution is 2.51. The zero-order valence-corrected chi connectivity index (χ0v) is 43.1. The van der Waals surface area contributed by atoms with Crippen molar-refractivity contribution in [2.45, 2.75) is 42.9 Å². The Morgan fingerprint density at radius 1 is 0.708 bits per heavy atom. The number of fused-ring (bicyclic) bond motifs is 2. The van der Waals surface area contributed by atoms with Crippen molar-refractivity contribution in [1.82, 2.24) is 4.58 Å². The zero-order valence-electron chi connectivity index (χ0n) is 40.6. The highest BCUT2D eigenvalue weighted by molar-refractivity contribution is 7.86. The van der Waals surface area contributed by atoms with E-state index in [9.17, 15) is 43.7 Å². The van der Waals surface area contributed by atoms with E-state index in [1.54, 1.807) is 38.3 Å². The van der Waals surface area contributed by atoms with Crippen LogP contribution in [0.5, 0.6) is 0 Å². The van der Waals surface area contributed by atoms with Crippen LogP contribution >= 0.6 is 0 Å². The van der Waals surface area contributed by atoms with Crippen LogP contribution in [0.4, 0.5) is 5.69 Å². The molecule has 1 atom stereocenters. The summed E-state index contributed by atoms with van der Waals surface area (Å²) in [7, 11) is -12.3. The number of anilines is 1. The summed E-state index contributed by atoms with van der Waals surface area (Å²) >= 11 is 0. The first-order chi connectivity index (χ1) is 34.3. The van der Waals surface area contributed by atoms with Crippen molar-refractivity contribution in [3.63, 3.8) is 0 Å². The molecule has 4 rings (SSSR count). The third-order valence-corrected chi connectivity index (χ3v) is 13.6. The van der Waals surface area contributed by atoms with Gasteiger partial charge < -0.3 is 66.0 Å². The molecule has 1 aliphatic carbocycles. The average molecular weight is 1080 g/mol. The number of allylic oxidation sites excluding steroid dienone is 3. The number of rotatable bonds is 38. The molecule has 0 aromatic heterocycles. The Kier molecular flexibility index (Phi) is 25.9. The summed E-state index contributed by atoms with van der Waals surface area (Å²) in [6.07, 6.45) is 6.93. The summed E-state index contributed by atoms with van der Waals surface area (Å²) in [5.41, 5.74) is 1.99. The second-order valence-electron chi connectivity index (χ2n) is 16.5. The van der Waals surface area contributed by atoms with E-state index < -0.39 is 58.1 Å². The molecule has 72 heavy (non-hydrogen) atoms. The number of carbonyl (C=O) groups is 1. The third kappa shape index (κ3) is 21.7. The first kappa shape index (κ1) is 60.4. The molecule has 0 radical (unpaired) electrons.